The number of carbonyl (C=O) groups excluding carboxylic acids is 1. The lowest BCUT2D eigenvalue weighted by atomic mass is 9.80. The third-order valence-electron chi connectivity index (χ3n) is 6.42. The lowest BCUT2D eigenvalue weighted by Crippen LogP contribution is -2.40. The van der Waals surface area contributed by atoms with E-state index in [1.165, 1.54) is 0 Å². The largest absolute Gasteiger partial charge is 0.497 e. The molecule has 1 aliphatic carbocycles. The Morgan fingerprint density at radius 3 is 2.71 bits per heavy atom. The van der Waals surface area contributed by atoms with Crippen LogP contribution in [0.2, 0.25) is 0 Å². The van der Waals surface area contributed by atoms with E-state index in [0.29, 0.717) is 44.1 Å². The fraction of sp³-hybridized carbons (Fsp3) is 0.571. The highest BCUT2D eigenvalue weighted by Gasteiger charge is 2.58. The first-order chi connectivity index (χ1) is 14.7. The molecule has 0 bridgehead atoms. The summed E-state index contributed by atoms with van der Waals surface area (Å²) in [6.07, 6.45) is 1.46. The van der Waals surface area contributed by atoms with Crippen molar-refractivity contribution < 1.29 is 22.5 Å². The molecule has 2 heterocycles. The van der Waals surface area contributed by atoms with Crippen LogP contribution < -0.4 is 9.46 Å². The van der Waals surface area contributed by atoms with Crippen LogP contribution in [-0.2, 0) is 26.7 Å². The van der Waals surface area contributed by atoms with Gasteiger partial charge in [-0.05, 0) is 50.3 Å². The van der Waals surface area contributed by atoms with Gasteiger partial charge in [-0.2, -0.15) is 4.98 Å². The summed E-state index contributed by atoms with van der Waals surface area (Å²) in [5, 5.41) is 3.95. The van der Waals surface area contributed by atoms with Gasteiger partial charge >= 0.3 is 0 Å². The quantitative estimate of drug-likeness (QED) is 0.681. The van der Waals surface area contributed by atoms with E-state index < -0.39 is 15.4 Å². The van der Waals surface area contributed by atoms with Crippen LogP contribution in [0.4, 0.5) is 0 Å². The lowest BCUT2D eigenvalue weighted by Gasteiger charge is -2.25. The first-order valence-electron chi connectivity index (χ1n) is 10.5. The number of amides is 1. The highest BCUT2D eigenvalue weighted by molar-refractivity contribution is 7.89. The molecular formula is C21H28N4O5S. The number of nitrogens with one attached hydrogen (secondary N) is 1. The molecule has 1 aliphatic heterocycles. The number of nitrogens with zero attached hydrogens (tertiary/aromatic N) is 3. The van der Waals surface area contributed by atoms with E-state index >= 15 is 0 Å². The zero-order chi connectivity index (χ0) is 22.2. The van der Waals surface area contributed by atoms with Crippen LogP contribution in [0.3, 0.4) is 0 Å². The van der Waals surface area contributed by atoms with Crippen molar-refractivity contribution in [2.75, 3.05) is 26.0 Å². The summed E-state index contributed by atoms with van der Waals surface area (Å²) in [4.78, 5) is 19.4. The van der Waals surface area contributed by atoms with Gasteiger partial charge in [0.2, 0.25) is 21.8 Å². The molecule has 2 aliphatic rings. The van der Waals surface area contributed by atoms with E-state index in [4.69, 9.17) is 9.26 Å². The summed E-state index contributed by atoms with van der Waals surface area (Å²) >= 11 is 0. The van der Waals surface area contributed by atoms with Gasteiger partial charge in [-0.3, -0.25) is 4.79 Å². The number of aryl methyl sites for hydroxylation is 1. The number of fused-ring (bicyclic) bond motifs is 1. The van der Waals surface area contributed by atoms with E-state index in [-0.39, 0.29) is 23.6 Å². The summed E-state index contributed by atoms with van der Waals surface area (Å²) < 4.78 is 37.7. The van der Waals surface area contributed by atoms with Gasteiger partial charge in [-0.15, -0.1) is 0 Å². The molecule has 3 atom stereocenters. The second-order valence-electron chi connectivity index (χ2n) is 8.46. The van der Waals surface area contributed by atoms with Gasteiger partial charge < -0.3 is 14.2 Å². The van der Waals surface area contributed by atoms with E-state index in [2.05, 4.69) is 14.9 Å². The smallest absolute Gasteiger partial charge is 0.235 e. The molecule has 4 rings (SSSR count). The topological polar surface area (TPSA) is 115 Å². The van der Waals surface area contributed by atoms with Crippen molar-refractivity contribution in [1.29, 1.82) is 0 Å². The van der Waals surface area contributed by atoms with Crippen LogP contribution in [0.1, 0.15) is 37.0 Å². The molecule has 10 heteroatoms. The first-order valence-corrected chi connectivity index (χ1v) is 12.1. The average molecular weight is 449 g/mol. The molecule has 168 valence electrons. The summed E-state index contributed by atoms with van der Waals surface area (Å²) in [6, 6.07) is 7.25. The minimum atomic E-state index is -3.32. The third-order valence-corrected chi connectivity index (χ3v) is 7.87. The third kappa shape index (κ3) is 4.31. The van der Waals surface area contributed by atoms with Crippen molar-refractivity contribution in [3.8, 4) is 5.75 Å². The molecule has 0 radical (unpaired) electrons. The Balaban J connectivity index is 1.53. The summed E-state index contributed by atoms with van der Waals surface area (Å²) in [5.74, 6) is 1.89. The van der Waals surface area contributed by atoms with Gasteiger partial charge in [0.05, 0.1) is 24.7 Å². The van der Waals surface area contributed by atoms with Gasteiger partial charge in [0.25, 0.3) is 0 Å². The number of carbonyl (C=O) groups is 1. The molecule has 2 fully saturated rings. The van der Waals surface area contributed by atoms with Crippen LogP contribution in [0.5, 0.6) is 5.75 Å². The summed E-state index contributed by atoms with van der Waals surface area (Å²) in [6.45, 7) is 4.36. The van der Waals surface area contributed by atoms with Crippen molar-refractivity contribution in [1.82, 2.24) is 19.8 Å². The first kappa shape index (κ1) is 21.8. The van der Waals surface area contributed by atoms with Gasteiger partial charge in [-0.1, -0.05) is 17.3 Å². The standard InChI is InChI=1S/C21H28N4O5S/c1-4-31(27,28)24-17-10-16-12-25(13-21(16,11-17)20-22-14(2)23-30-20)19(26)9-15-5-7-18(29-3)8-6-15/h5-8,16-17,24H,4,9-13H2,1-3H3/t16?,17-,21+/m1/s1. The molecule has 1 aromatic heterocycles. The average Bonchev–Trinajstić information content (AvgIpc) is 3.41. The van der Waals surface area contributed by atoms with Crippen LogP contribution >= 0.6 is 0 Å². The van der Waals surface area contributed by atoms with Crippen molar-refractivity contribution in [3.63, 3.8) is 0 Å². The monoisotopic (exact) mass is 448 g/mol. The predicted molar refractivity (Wildman–Crippen MR) is 113 cm³/mol. The molecule has 1 aromatic carbocycles. The zero-order valence-electron chi connectivity index (χ0n) is 18.0. The Labute approximate surface area is 182 Å². The molecule has 1 saturated heterocycles. The number of hydrogen-bond acceptors (Lipinski definition) is 7. The zero-order valence-corrected chi connectivity index (χ0v) is 18.8. The van der Waals surface area contributed by atoms with Crippen LogP contribution in [0.15, 0.2) is 28.8 Å². The van der Waals surface area contributed by atoms with Crippen LogP contribution in [0.25, 0.3) is 0 Å². The van der Waals surface area contributed by atoms with Crippen molar-refractivity contribution >= 4 is 15.9 Å². The van der Waals surface area contributed by atoms with Gasteiger partial charge in [-0.25, -0.2) is 13.1 Å². The normalized spacial score (nSPS) is 25.6. The number of methoxy groups -OCH3 is 1. The minimum Gasteiger partial charge on any atom is -0.497 e. The summed E-state index contributed by atoms with van der Waals surface area (Å²) in [5.41, 5.74) is 0.386. The second kappa shape index (κ2) is 8.23. The number of hydrogen-bond donors (Lipinski definition) is 1. The molecule has 9 nitrogen and oxygen atoms in total. The van der Waals surface area contributed by atoms with Gasteiger partial charge in [0.15, 0.2) is 5.82 Å². The molecular weight excluding hydrogens is 420 g/mol. The fourth-order valence-corrected chi connectivity index (χ4v) is 5.70. The van der Waals surface area contributed by atoms with E-state index in [1.807, 2.05) is 29.2 Å². The highest BCUT2D eigenvalue weighted by Crippen LogP contribution is 2.50. The number of rotatable bonds is 7. The van der Waals surface area contributed by atoms with E-state index in [9.17, 15) is 13.2 Å². The van der Waals surface area contributed by atoms with Crippen molar-refractivity contribution in [2.24, 2.45) is 5.92 Å². The van der Waals surface area contributed by atoms with Crippen LogP contribution in [0, 0.1) is 12.8 Å². The second-order valence-corrected chi connectivity index (χ2v) is 10.5. The van der Waals surface area contributed by atoms with Crippen molar-refractivity contribution in [3.05, 3.63) is 41.5 Å². The Morgan fingerprint density at radius 1 is 1.35 bits per heavy atom. The Bertz CT molecular complexity index is 1050. The maximum atomic E-state index is 13.1. The van der Waals surface area contributed by atoms with Gasteiger partial charge in [0.1, 0.15) is 5.75 Å². The molecule has 1 saturated carbocycles. The summed E-state index contributed by atoms with van der Waals surface area (Å²) in [7, 11) is -1.71. The minimum absolute atomic E-state index is 0.0286. The number of sulfonamides is 1. The fourth-order valence-electron chi connectivity index (χ4n) is 4.85. The SMILES string of the molecule is CCS(=O)(=O)N[C@@H]1CC2CN(C(=O)Cc3ccc(OC)cc3)C[C@@]2(c2nc(C)no2)C1. The highest BCUT2D eigenvalue weighted by atomic mass is 32.2. The number of benzene rings is 1. The number of ether oxygens (including phenoxy) is 1. The van der Waals surface area contributed by atoms with Crippen LogP contribution in [-0.4, -0.2) is 61.4 Å². The molecule has 31 heavy (non-hydrogen) atoms. The predicted octanol–water partition coefficient (Wildman–Crippen LogP) is 1.43. The Morgan fingerprint density at radius 2 is 2.10 bits per heavy atom. The molecule has 1 unspecified atom stereocenters. The molecule has 1 N–H and O–H groups in total. The van der Waals surface area contributed by atoms with Gasteiger partial charge in [0, 0.05) is 19.1 Å². The maximum Gasteiger partial charge on any atom is 0.235 e. The Kier molecular flexibility index (Phi) is 5.78. The van der Waals surface area contributed by atoms with Crippen molar-refractivity contribution in [2.45, 2.75) is 44.6 Å². The number of likely N-dealkylation sites (tertiary alicyclic amines) is 1. The molecule has 2 aromatic rings. The van der Waals surface area contributed by atoms with E-state index in [0.717, 1.165) is 11.3 Å². The maximum absolute atomic E-state index is 13.1. The number of aromatic nitrogens is 2. The molecule has 0 spiro atoms. The Hall–Kier alpha value is -2.46. The lowest BCUT2D eigenvalue weighted by molar-refractivity contribution is -0.129. The molecule has 1 amide bonds. The van der Waals surface area contributed by atoms with E-state index in [1.54, 1.807) is 21.0 Å².